The van der Waals surface area contributed by atoms with Gasteiger partial charge in [-0.05, 0) is 48.4 Å². The summed E-state index contributed by atoms with van der Waals surface area (Å²) in [4.78, 5) is 28.8. The summed E-state index contributed by atoms with van der Waals surface area (Å²) in [5.74, 6) is 0.477. The molecule has 1 aliphatic rings. The van der Waals surface area contributed by atoms with E-state index in [1.54, 1.807) is 24.8 Å². The molecule has 1 fully saturated rings. The van der Waals surface area contributed by atoms with E-state index in [4.69, 9.17) is 0 Å². The monoisotopic (exact) mass is 393 g/mol. The van der Waals surface area contributed by atoms with Crippen LogP contribution in [0.1, 0.15) is 32.9 Å². The second-order valence-electron chi connectivity index (χ2n) is 7.13. The van der Waals surface area contributed by atoms with Crippen LogP contribution in [0.25, 0.3) is 0 Å². The van der Waals surface area contributed by atoms with Gasteiger partial charge in [0.2, 0.25) is 0 Å². The van der Waals surface area contributed by atoms with Crippen molar-refractivity contribution in [1.82, 2.24) is 25.2 Å². The van der Waals surface area contributed by atoms with E-state index in [0.29, 0.717) is 18.0 Å². The van der Waals surface area contributed by atoms with Crippen molar-refractivity contribution in [2.45, 2.75) is 25.9 Å². The highest BCUT2D eigenvalue weighted by Crippen LogP contribution is 2.23. The highest BCUT2D eigenvalue weighted by molar-refractivity contribution is 7.09. The maximum Gasteiger partial charge on any atom is 0.253 e. The number of carbonyl (C=O) groups is 1. The number of amides is 1. The topological polar surface area (TPSA) is 71.0 Å². The van der Waals surface area contributed by atoms with Gasteiger partial charge >= 0.3 is 0 Å². The molecule has 0 radical (unpaired) electrons. The Kier molecular flexibility index (Phi) is 6.04. The molecule has 0 spiro atoms. The molecule has 0 aromatic carbocycles. The van der Waals surface area contributed by atoms with E-state index in [0.717, 1.165) is 37.3 Å². The molecule has 1 amide bonds. The standard InChI is InChI=1S/C21H23N5OS/c27-21(25-13-19-12-22-4-5-24-19)18-9-17(10-23-11-18)8-16-3-6-26(14-16)15-20-2-1-7-28-20/h1-2,4-5,7,9-12,16H,3,6,8,13-15H2,(H,25,27). The van der Waals surface area contributed by atoms with Gasteiger partial charge in [0.05, 0.1) is 24.0 Å². The van der Waals surface area contributed by atoms with Gasteiger partial charge in [0.1, 0.15) is 0 Å². The van der Waals surface area contributed by atoms with Crippen molar-refractivity contribution in [3.05, 3.63) is 76.3 Å². The average molecular weight is 394 g/mol. The van der Waals surface area contributed by atoms with Gasteiger partial charge < -0.3 is 5.32 Å². The first kappa shape index (κ1) is 18.7. The van der Waals surface area contributed by atoms with Crippen molar-refractivity contribution >= 4 is 17.2 Å². The van der Waals surface area contributed by atoms with Crippen LogP contribution in [0.3, 0.4) is 0 Å². The molecule has 1 atom stereocenters. The predicted octanol–water partition coefficient (Wildman–Crippen LogP) is 2.93. The molecule has 0 saturated carbocycles. The third-order valence-electron chi connectivity index (χ3n) is 4.96. The molecule has 0 aliphatic carbocycles. The number of nitrogens with zero attached hydrogens (tertiary/aromatic N) is 4. The minimum Gasteiger partial charge on any atom is -0.346 e. The summed E-state index contributed by atoms with van der Waals surface area (Å²) in [6, 6.07) is 6.27. The summed E-state index contributed by atoms with van der Waals surface area (Å²) in [6.45, 7) is 3.63. The number of nitrogens with one attached hydrogen (secondary N) is 1. The Labute approximate surface area is 168 Å². The number of rotatable bonds is 7. The average Bonchev–Trinajstić information content (AvgIpc) is 3.40. The molecule has 4 rings (SSSR count). The SMILES string of the molecule is O=C(NCc1cnccn1)c1cncc(CC2CCN(Cc3cccs3)C2)c1. The lowest BCUT2D eigenvalue weighted by atomic mass is 9.99. The number of likely N-dealkylation sites (tertiary alicyclic amines) is 1. The summed E-state index contributed by atoms with van der Waals surface area (Å²) < 4.78 is 0. The third-order valence-corrected chi connectivity index (χ3v) is 5.82. The molecule has 1 unspecified atom stereocenters. The van der Waals surface area contributed by atoms with Gasteiger partial charge in [0, 0.05) is 42.8 Å². The molecule has 1 saturated heterocycles. The van der Waals surface area contributed by atoms with Crippen LogP contribution in [0.2, 0.25) is 0 Å². The van der Waals surface area contributed by atoms with Gasteiger partial charge in [-0.15, -0.1) is 11.3 Å². The van der Waals surface area contributed by atoms with E-state index in [-0.39, 0.29) is 5.91 Å². The molecule has 3 aromatic heterocycles. The zero-order valence-electron chi connectivity index (χ0n) is 15.6. The zero-order valence-corrected chi connectivity index (χ0v) is 16.4. The molecule has 1 aliphatic heterocycles. The van der Waals surface area contributed by atoms with Gasteiger partial charge in [-0.25, -0.2) is 0 Å². The number of aromatic nitrogens is 3. The highest BCUT2D eigenvalue weighted by atomic mass is 32.1. The van der Waals surface area contributed by atoms with Crippen LogP contribution >= 0.6 is 11.3 Å². The predicted molar refractivity (Wildman–Crippen MR) is 109 cm³/mol. The van der Waals surface area contributed by atoms with Crippen LogP contribution in [-0.4, -0.2) is 38.8 Å². The Balaban J connectivity index is 1.30. The fourth-order valence-corrected chi connectivity index (χ4v) is 4.34. The lowest BCUT2D eigenvalue weighted by molar-refractivity contribution is 0.0950. The van der Waals surface area contributed by atoms with Gasteiger partial charge in [-0.1, -0.05) is 6.07 Å². The number of hydrogen-bond acceptors (Lipinski definition) is 6. The van der Waals surface area contributed by atoms with E-state index in [1.807, 2.05) is 23.6 Å². The first-order chi connectivity index (χ1) is 13.8. The van der Waals surface area contributed by atoms with Crippen LogP contribution in [0.4, 0.5) is 0 Å². The maximum absolute atomic E-state index is 12.4. The van der Waals surface area contributed by atoms with E-state index in [1.165, 1.54) is 11.3 Å². The van der Waals surface area contributed by atoms with Crippen molar-refractivity contribution < 1.29 is 4.79 Å². The second kappa shape index (κ2) is 9.03. The van der Waals surface area contributed by atoms with Crippen molar-refractivity contribution in [1.29, 1.82) is 0 Å². The largest absolute Gasteiger partial charge is 0.346 e. The first-order valence-corrected chi connectivity index (χ1v) is 10.4. The summed E-state index contributed by atoms with van der Waals surface area (Å²) in [7, 11) is 0. The minimum absolute atomic E-state index is 0.134. The lowest BCUT2D eigenvalue weighted by Gasteiger charge is -2.15. The molecule has 6 nitrogen and oxygen atoms in total. The summed E-state index contributed by atoms with van der Waals surface area (Å²) in [6.07, 6.45) is 10.5. The van der Waals surface area contributed by atoms with E-state index in [2.05, 4.69) is 42.7 Å². The summed E-state index contributed by atoms with van der Waals surface area (Å²) in [5, 5.41) is 5.01. The van der Waals surface area contributed by atoms with Crippen LogP contribution in [0.5, 0.6) is 0 Å². The number of hydrogen-bond donors (Lipinski definition) is 1. The molecule has 0 bridgehead atoms. The fourth-order valence-electron chi connectivity index (χ4n) is 3.60. The van der Waals surface area contributed by atoms with Crippen molar-refractivity contribution in [2.24, 2.45) is 5.92 Å². The second-order valence-corrected chi connectivity index (χ2v) is 8.17. The Morgan fingerprint density at radius 1 is 1.25 bits per heavy atom. The van der Waals surface area contributed by atoms with Crippen molar-refractivity contribution in [3.63, 3.8) is 0 Å². The quantitative estimate of drug-likeness (QED) is 0.668. The molecule has 1 N–H and O–H groups in total. The van der Waals surface area contributed by atoms with Crippen LogP contribution < -0.4 is 5.32 Å². The molecule has 28 heavy (non-hydrogen) atoms. The Morgan fingerprint density at radius 3 is 3.04 bits per heavy atom. The zero-order chi connectivity index (χ0) is 19.2. The van der Waals surface area contributed by atoms with Gasteiger partial charge in [-0.2, -0.15) is 0 Å². The summed E-state index contributed by atoms with van der Waals surface area (Å²) >= 11 is 1.82. The van der Waals surface area contributed by atoms with Gasteiger partial charge in [0.15, 0.2) is 0 Å². The van der Waals surface area contributed by atoms with Crippen LogP contribution in [0.15, 0.2) is 54.6 Å². The maximum atomic E-state index is 12.4. The number of carbonyl (C=O) groups excluding carboxylic acids is 1. The Hall–Kier alpha value is -2.64. The van der Waals surface area contributed by atoms with E-state index >= 15 is 0 Å². The highest BCUT2D eigenvalue weighted by Gasteiger charge is 2.23. The molecule has 4 heterocycles. The normalized spacial score (nSPS) is 16.9. The first-order valence-electron chi connectivity index (χ1n) is 9.48. The minimum atomic E-state index is -0.134. The van der Waals surface area contributed by atoms with Crippen LogP contribution in [-0.2, 0) is 19.5 Å². The van der Waals surface area contributed by atoms with Crippen LogP contribution in [0, 0.1) is 5.92 Å². The van der Waals surface area contributed by atoms with Crippen molar-refractivity contribution in [3.8, 4) is 0 Å². The smallest absolute Gasteiger partial charge is 0.253 e. The Morgan fingerprint density at radius 2 is 2.21 bits per heavy atom. The fraction of sp³-hybridized carbons (Fsp3) is 0.333. The number of thiophene rings is 1. The van der Waals surface area contributed by atoms with E-state index in [9.17, 15) is 4.79 Å². The van der Waals surface area contributed by atoms with E-state index < -0.39 is 0 Å². The molecule has 3 aromatic rings. The van der Waals surface area contributed by atoms with Gasteiger partial charge in [0.25, 0.3) is 5.91 Å². The molecular formula is C21H23N5OS. The molecular weight excluding hydrogens is 370 g/mol. The molecule has 7 heteroatoms. The van der Waals surface area contributed by atoms with Crippen molar-refractivity contribution in [2.75, 3.05) is 13.1 Å². The Bertz CT molecular complexity index is 900. The number of pyridine rings is 1. The lowest BCUT2D eigenvalue weighted by Crippen LogP contribution is -2.24. The summed E-state index contributed by atoms with van der Waals surface area (Å²) in [5.41, 5.74) is 2.45. The molecule has 144 valence electrons. The third kappa shape index (κ3) is 4.99. The van der Waals surface area contributed by atoms with Gasteiger partial charge in [-0.3, -0.25) is 24.6 Å².